The average molecular weight is 194 g/mol. The molecule has 1 N–H and O–H groups in total. The predicted octanol–water partition coefficient (Wildman–Crippen LogP) is 0.892. The van der Waals surface area contributed by atoms with E-state index in [1.165, 1.54) is 32.1 Å². The van der Waals surface area contributed by atoms with Gasteiger partial charge in [-0.15, -0.1) is 0 Å². The first-order chi connectivity index (χ1) is 6.84. The van der Waals surface area contributed by atoms with Gasteiger partial charge in [-0.1, -0.05) is 0 Å². The molecule has 3 rings (SSSR count). The molecule has 2 aliphatic carbocycles. The van der Waals surface area contributed by atoms with Crippen LogP contribution in [0.2, 0.25) is 0 Å². The Morgan fingerprint density at radius 2 is 1.93 bits per heavy atom. The Balaban J connectivity index is 1.62. The molecule has 3 heteroatoms. The van der Waals surface area contributed by atoms with Crippen LogP contribution in [0.1, 0.15) is 38.5 Å². The van der Waals surface area contributed by atoms with E-state index in [0.717, 1.165) is 13.0 Å². The standard InChI is InChI=1S/C11H18N2O/c14-11-10(12-8-3-4-8)2-1-7-13(11)9-5-6-9/h8-10,12H,1-7H2. The number of amides is 1. The zero-order valence-electron chi connectivity index (χ0n) is 8.54. The van der Waals surface area contributed by atoms with Gasteiger partial charge in [-0.2, -0.15) is 0 Å². The quantitative estimate of drug-likeness (QED) is 0.723. The molecule has 3 nitrogen and oxygen atoms in total. The summed E-state index contributed by atoms with van der Waals surface area (Å²) in [5, 5.41) is 3.46. The minimum absolute atomic E-state index is 0.150. The maximum Gasteiger partial charge on any atom is 0.239 e. The molecule has 78 valence electrons. The van der Waals surface area contributed by atoms with Crippen LogP contribution in [0, 0.1) is 0 Å². The number of nitrogens with one attached hydrogen (secondary N) is 1. The van der Waals surface area contributed by atoms with Crippen LogP contribution < -0.4 is 5.32 Å². The topological polar surface area (TPSA) is 32.3 Å². The van der Waals surface area contributed by atoms with E-state index in [0.29, 0.717) is 18.0 Å². The van der Waals surface area contributed by atoms with Gasteiger partial charge in [0.15, 0.2) is 0 Å². The van der Waals surface area contributed by atoms with Gasteiger partial charge in [0.05, 0.1) is 6.04 Å². The monoisotopic (exact) mass is 194 g/mol. The molecule has 2 saturated carbocycles. The van der Waals surface area contributed by atoms with Gasteiger partial charge in [0.25, 0.3) is 0 Å². The highest BCUT2D eigenvalue weighted by molar-refractivity contribution is 5.83. The molecule has 1 saturated heterocycles. The fourth-order valence-corrected chi connectivity index (χ4v) is 2.34. The van der Waals surface area contributed by atoms with Gasteiger partial charge in [0.1, 0.15) is 0 Å². The molecular formula is C11H18N2O. The molecule has 1 atom stereocenters. The summed E-state index contributed by atoms with van der Waals surface area (Å²) in [4.78, 5) is 14.1. The lowest BCUT2D eigenvalue weighted by Gasteiger charge is -2.33. The molecular weight excluding hydrogens is 176 g/mol. The second-order valence-electron chi connectivity index (χ2n) is 4.90. The lowest BCUT2D eigenvalue weighted by molar-refractivity contribution is -0.136. The number of rotatable bonds is 3. The number of carbonyl (C=O) groups excluding carboxylic acids is 1. The minimum Gasteiger partial charge on any atom is -0.338 e. The van der Waals surface area contributed by atoms with Crippen LogP contribution >= 0.6 is 0 Å². The van der Waals surface area contributed by atoms with Crippen LogP contribution in [0.5, 0.6) is 0 Å². The molecule has 1 unspecified atom stereocenters. The number of nitrogens with zero attached hydrogens (tertiary/aromatic N) is 1. The first-order valence-electron chi connectivity index (χ1n) is 5.91. The molecule has 3 fully saturated rings. The highest BCUT2D eigenvalue weighted by atomic mass is 16.2. The Bertz CT molecular complexity index is 246. The van der Waals surface area contributed by atoms with Crippen LogP contribution in [-0.4, -0.2) is 35.5 Å². The number of carbonyl (C=O) groups is 1. The summed E-state index contributed by atoms with van der Waals surface area (Å²) >= 11 is 0. The van der Waals surface area contributed by atoms with E-state index in [4.69, 9.17) is 0 Å². The SMILES string of the molecule is O=C1C(NC2CC2)CCCN1C1CC1. The van der Waals surface area contributed by atoms with E-state index in [9.17, 15) is 4.79 Å². The molecule has 0 radical (unpaired) electrons. The zero-order valence-corrected chi connectivity index (χ0v) is 8.54. The smallest absolute Gasteiger partial charge is 0.239 e. The van der Waals surface area contributed by atoms with Crippen LogP contribution in [0.15, 0.2) is 0 Å². The van der Waals surface area contributed by atoms with Gasteiger partial charge in [-0.25, -0.2) is 0 Å². The molecule has 1 aliphatic heterocycles. The second kappa shape index (κ2) is 3.23. The van der Waals surface area contributed by atoms with Crippen molar-refractivity contribution in [3.8, 4) is 0 Å². The van der Waals surface area contributed by atoms with Crippen molar-refractivity contribution in [2.75, 3.05) is 6.54 Å². The van der Waals surface area contributed by atoms with E-state index in [2.05, 4.69) is 10.2 Å². The highest BCUT2D eigenvalue weighted by Crippen LogP contribution is 2.31. The Kier molecular flexibility index (Phi) is 2.01. The zero-order chi connectivity index (χ0) is 9.54. The van der Waals surface area contributed by atoms with Crippen molar-refractivity contribution in [3.05, 3.63) is 0 Å². The van der Waals surface area contributed by atoms with Crippen LogP contribution in [0.3, 0.4) is 0 Å². The van der Waals surface area contributed by atoms with E-state index in [-0.39, 0.29) is 6.04 Å². The summed E-state index contributed by atoms with van der Waals surface area (Å²) in [6.07, 6.45) is 7.26. The third-order valence-electron chi connectivity index (χ3n) is 3.47. The summed E-state index contributed by atoms with van der Waals surface area (Å²) < 4.78 is 0. The van der Waals surface area contributed by atoms with E-state index < -0.39 is 0 Å². The largest absolute Gasteiger partial charge is 0.338 e. The maximum absolute atomic E-state index is 12.0. The van der Waals surface area contributed by atoms with Crippen molar-refractivity contribution in [1.29, 1.82) is 0 Å². The lowest BCUT2D eigenvalue weighted by atomic mass is 10.0. The minimum atomic E-state index is 0.150. The normalized spacial score (nSPS) is 33.6. The van der Waals surface area contributed by atoms with E-state index in [1.807, 2.05) is 0 Å². The number of piperidine rings is 1. The maximum atomic E-state index is 12.0. The summed E-state index contributed by atoms with van der Waals surface area (Å²) in [6.45, 7) is 1.01. The number of likely N-dealkylation sites (tertiary alicyclic amines) is 1. The molecule has 0 spiro atoms. The number of hydrogen-bond acceptors (Lipinski definition) is 2. The lowest BCUT2D eigenvalue weighted by Crippen LogP contribution is -2.51. The van der Waals surface area contributed by atoms with Crippen molar-refractivity contribution in [3.63, 3.8) is 0 Å². The molecule has 1 amide bonds. The molecule has 0 bridgehead atoms. The summed E-state index contributed by atoms with van der Waals surface area (Å²) in [7, 11) is 0. The van der Waals surface area contributed by atoms with Gasteiger partial charge in [0, 0.05) is 18.6 Å². The van der Waals surface area contributed by atoms with Crippen molar-refractivity contribution < 1.29 is 4.79 Å². The number of hydrogen-bond donors (Lipinski definition) is 1. The van der Waals surface area contributed by atoms with Gasteiger partial charge >= 0.3 is 0 Å². The Hall–Kier alpha value is -0.570. The molecule has 14 heavy (non-hydrogen) atoms. The van der Waals surface area contributed by atoms with Crippen molar-refractivity contribution in [2.24, 2.45) is 0 Å². The van der Waals surface area contributed by atoms with Crippen LogP contribution in [-0.2, 0) is 4.79 Å². The van der Waals surface area contributed by atoms with Crippen molar-refractivity contribution >= 4 is 5.91 Å². The fourth-order valence-electron chi connectivity index (χ4n) is 2.34. The molecule has 0 aromatic rings. The van der Waals surface area contributed by atoms with Crippen molar-refractivity contribution in [2.45, 2.75) is 56.7 Å². The molecule has 0 aromatic heterocycles. The summed E-state index contributed by atoms with van der Waals surface area (Å²) in [6, 6.07) is 1.41. The first kappa shape index (κ1) is 8.72. The molecule has 3 aliphatic rings. The Labute approximate surface area is 84.8 Å². The highest BCUT2D eigenvalue weighted by Gasteiger charge is 2.39. The van der Waals surface area contributed by atoms with E-state index >= 15 is 0 Å². The van der Waals surface area contributed by atoms with Crippen molar-refractivity contribution in [1.82, 2.24) is 10.2 Å². The predicted molar refractivity (Wildman–Crippen MR) is 53.9 cm³/mol. The molecule has 0 aromatic carbocycles. The Morgan fingerprint density at radius 3 is 2.57 bits per heavy atom. The van der Waals surface area contributed by atoms with Crippen LogP contribution in [0.25, 0.3) is 0 Å². The van der Waals surface area contributed by atoms with Gasteiger partial charge in [0.2, 0.25) is 5.91 Å². The van der Waals surface area contributed by atoms with E-state index in [1.54, 1.807) is 0 Å². The average Bonchev–Trinajstić information content (AvgIpc) is 3.00. The summed E-state index contributed by atoms with van der Waals surface area (Å²) in [5.74, 6) is 0.380. The second-order valence-corrected chi connectivity index (χ2v) is 4.90. The summed E-state index contributed by atoms with van der Waals surface area (Å²) in [5.41, 5.74) is 0. The van der Waals surface area contributed by atoms with Gasteiger partial charge in [-0.3, -0.25) is 4.79 Å². The molecule has 1 heterocycles. The van der Waals surface area contributed by atoms with Gasteiger partial charge in [-0.05, 0) is 38.5 Å². The first-order valence-corrected chi connectivity index (χ1v) is 5.91. The Morgan fingerprint density at radius 1 is 1.14 bits per heavy atom. The third-order valence-corrected chi connectivity index (χ3v) is 3.47. The van der Waals surface area contributed by atoms with Crippen LogP contribution in [0.4, 0.5) is 0 Å². The third kappa shape index (κ3) is 1.65. The van der Waals surface area contributed by atoms with Gasteiger partial charge < -0.3 is 10.2 Å². The fraction of sp³-hybridized carbons (Fsp3) is 0.909.